The molecule has 0 amide bonds. The normalized spacial score (nSPS) is 10.5. The Balaban J connectivity index is 1.70. The molecule has 0 fully saturated rings. The van der Waals surface area contributed by atoms with Gasteiger partial charge in [0.1, 0.15) is 17.5 Å². The van der Waals surface area contributed by atoms with Gasteiger partial charge in [-0.1, -0.05) is 0 Å². The van der Waals surface area contributed by atoms with Gasteiger partial charge in [0.2, 0.25) is 0 Å². The lowest BCUT2D eigenvalue weighted by Crippen LogP contribution is -2.07. The number of nitrogens with one attached hydrogen (secondary N) is 1. The van der Waals surface area contributed by atoms with Crippen molar-refractivity contribution in [1.29, 1.82) is 0 Å². The third kappa shape index (κ3) is 3.85. The standard InChI is InChI=1S/C17H14F2N4/c18-13-1-2-14(15(19)9-13)16-10-21-11-17(23-16)22-8-5-12-3-6-20-7-4-12/h1-4,6-7,9-11H,5,8H2,(H,22,23). The quantitative estimate of drug-likeness (QED) is 0.784. The van der Waals surface area contributed by atoms with Crippen LogP contribution in [0, 0.1) is 11.6 Å². The van der Waals surface area contributed by atoms with Crippen LogP contribution in [0.25, 0.3) is 11.3 Å². The number of benzene rings is 1. The van der Waals surface area contributed by atoms with Crippen LogP contribution in [-0.4, -0.2) is 21.5 Å². The van der Waals surface area contributed by atoms with E-state index >= 15 is 0 Å². The van der Waals surface area contributed by atoms with Gasteiger partial charge in [0.05, 0.1) is 18.1 Å². The second-order valence-corrected chi connectivity index (χ2v) is 4.95. The van der Waals surface area contributed by atoms with Gasteiger partial charge in [-0.25, -0.2) is 13.8 Å². The zero-order chi connectivity index (χ0) is 16.1. The van der Waals surface area contributed by atoms with E-state index in [0.29, 0.717) is 18.1 Å². The van der Waals surface area contributed by atoms with E-state index in [1.807, 2.05) is 12.1 Å². The summed E-state index contributed by atoms with van der Waals surface area (Å²) in [5.74, 6) is -0.737. The molecule has 0 aliphatic rings. The first-order valence-corrected chi connectivity index (χ1v) is 7.12. The van der Waals surface area contributed by atoms with Crippen LogP contribution in [0.3, 0.4) is 0 Å². The molecular formula is C17H14F2N4. The fourth-order valence-corrected chi connectivity index (χ4v) is 2.16. The molecule has 1 N–H and O–H groups in total. The predicted molar refractivity (Wildman–Crippen MR) is 83.8 cm³/mol. The molecule has 2 heterocycles. The summed E-state index contributed by atoms with van der Waals surface area (Å²) in [5, 5.41) is 3.14. The van der Waals surface area contributed by atoms with E-state index in [1.165, 1.54) is 18.3 Å². The van der Waals surface area contributed by atoms with Crippen LogP contribution in [0.15, 0.2) is 55.1 Å². The topological polar surface area (TPSA) is 50.7 Å². The summed E-state index contributed by atoms with van der Waals surface area (Å²) in [4.78, 5) is 12.3. The number of rotatable bonds is 5. The number of anilines is 1. The van der Waals surface area contributed by atoms with Gasteiger partial charge < -0.3 is 5.32 Å². The summed E-state index contributed by atoms with van der Waals surface area (Å²) in [6.07, 6.45) is 7.31. The zero-order valence-electron chi connectivity index (χ0n) is 12.2. The number of hydrogen-bond donors (Lipinski definition) is 1. The van der Waals surface area contributed by atoms with E-state index in [-0.39, 0.29) is 5.56 Å². The van der Waals surface area contributed by atoms with Crippen molar-refractivity contribution in [3.05, 3.63) is 72.3 Å². The van der Waals surface area contributed by atoms with Crippen LogP contribution >= 0.6 is 0 Å². The van der Waals surface area contributed by atoms with E-state index in [4.69, 9.17) is 0 Å². The molecular weight excluding hydrogens is 298 g/mol. The first-order valence-electron chi connectivity index (χ1n) is 7.12. The molecule has 6 heteroatoms. The predicted octanol–water partition coefficient (Wildman–Crippen LogP) is 3.47. The molecule has 0 aliphatic carbocycles. The minimum Gasteiger partial charge on any atom is -0.368 e. The third-order valence-corrected chi connectivity index (χ3v) is 3.31. The van der Waals surface area contributed by atoms with Crippen molar-refractivity contribution in [1.82, 2.24) is 15.0 Å². The van der Waals surface area contributed by atoms with E-state index in [1.54, 1.807) is 18.6 Å². The molecule has 0 aliphatic heterocycles. The van der Waals surface area contributed by atoms with Crippen molar-refractivity contribution in [2.45, 2.75) is 6.42 Å². The Morgan fingerprint density at radius 1 is 0.957 bits per heavy atom. The van der Waals surface area contributed by atoms with Gasteiger partial charge in [-0.15, -0.1) is 0 Å². The number of aromatic nitrogens is 3. The second-order valence-electron chi connectivity index (χ2n) is 4.95. The third-order valence-electron chi connectivity index (χ3n) is 3.31. The van der Waals surface area contributed by atoms with Gasteiger partial charge in [0, 0.05) is 30.6 Å². The Hall–Kier alpha value is -2.89. The molecule has 3 rings (SSSR count). The lowest BCUT2D eigenvalue weighted by atomic mass is 10.1. The van der Waals surface area contributed by atoms with E-state index in [2.05, 4.69) is 20.3 Å². The van der Waals surface area contributed by atoms with Crippen molar-refractivity contribution < 1.29 is 8.78 Å². The average molecular weight is 312 g/mol. The second kappa shape index (κ2) is 6.91. The van der Waals surface area contributed by atoms with Gasteiger partial charge in [-0.2, -0.15) is 0 Å². The lowest BCUT2D eigenvalue weighted by molar-refractivity contribution is 0.585. The van der Waals surface area contributed by atoms with Crippen LogP contribution in [-0.2, 0) is 6.42 Å². The number of halogens is 2. The summed E-state index contributed by atoms with van der Waals surface area (Å²) in [7, 11) is 0. The van der Waals surface area contributed by atoms with Crippen molar-refractivity contribution >= 4 is 5.82 Å². The van der Waals surface area contributed by atoms with Crippen LogP contribution < -0.4 is 5.32 Å². The monoisotopic (exact) mass is 312 g/mol. The van der Waals surface area contributed by atoms with Crippen molar-refractivity contribution in [2.24, 2.45) is 0 Å². The molecule has 4 nitrogen and oxygen atoms in total. The van der Waals surface area contributed by atoms with Crippen molar-refractivity contribution in [3.63, 3.8) is 0 Å². The molecule has 2 aromatic heterocycles. The van der Waals surface area contributed by atoms with Crippen molar-refractivity contribution in [3.8, 4) is 11.3 Å². The zero-order valence-corrected chi connectivity index (χ0v) is 12.2. The first-order chi connectivity index (χ1) is 11.2. The molecule has 116 valence electrons. The molecule has 0 unspecified atom stereocenters. The molecule has 0 bridgehead atoms. The molecule has 1 aromatic carbocycles. The minimum atomic E-state index is -0.659. The lowest BCUT2D eigenvalue weighted by Gasteiger charge is -2.08. The molecule has 3 aromatic rings. The van der Waals surface area contributed by atoms with Crippen LogP contribution in [0.1, 0.15) is 5.56 Å². The van der Waals surface area contributed by atoms with Crippen LogP contribution in [0.4, 0.5) is 14.6 Å². The van der Waals surface area contributed by atoms with Gasteiger partial charge in [-0.05, 0) is 36.2 Å². The molecule has 0 spiro atoms. The smallest absolute Gasteiger partial charge is 0.145 e. The van der Waals surface area contributed by atoms with Gasteiger partial charge in [-0.3, -0.25) is 9.97 Å². The Bertz CT molecular complexity index is 794. The van der Waals surface area contributed by atoms with E-state index < -0.39 is 11.6 Å². The number of hydrogen-bond acceptors (Lipinski definition) is 4. The summed E-state index contributed by atoms with van der Waals surface area (Å²) < 4.78 is 26.8. The molecule has 0 radical (unpaired) electrons. The maximum atomic E-state index is 13.8. The Morgan fingerprint density at radius 3 is 2.57 bits per heavy atom. The maximum absolute atomic E-state index is 13.8. The fourth-order valence-electron chi connectivity index (χ4n) is 2.16. The van der Waals surface area contributed by atoms with Gasteiger partial charge in [0.15, 0.2) is 0 Å². The highest BCUT2D eigenvalue weighted by Crippen LogP contribution is 2.21. The fraction of sp³-hybridized carbons (Fsp3) is 0.118. The summed E-state index contributed by atoms with van der Waals surface area (Å²) in [5.41, 5.74) is 1.73. The number of nitrogens with zero attached hydrogens (tertiary/aromatic N) is 3. The molecule has 0 saturated carbocycles. The Labute approximate surface area is 132 Å². The maximum Gasteiger partial charge on any atom is 0.145 e. The molecule has 0 saturated heterocycles. The molecule has 0 atom stereocenters. The van der Waals surface area contributed by atoms with E-state index in [0.717, 1.165) is 18.1 Å². The SMILES string of the molecule is Fc1ccc(-c2cncc(NCCc3ccncc3)n2)c(F)c1. The first kappa shape index (κ1) is 15.0. The Morgan fingerprint density at radius 2 is 1.78 bits per heavy atom. The van der Waals surface area contributed by atoms with Crippen LogP contribution in [0.2, 0.25) is 0 Å². The summed E-state index contributed by atoms with van der Waals surface area (Å²) >= 11 is 0. The summed E-state index contributed by atoms with van der Waals surface area (Å²) in [6, 6.07) is 7.27. The van der Waals surface area contributed by atoms with E-state index in [9.17, 15) is 8.78 Å². The highest BCUT2D eigenvalue weighted by molar-refractivity contribution is 5.60. The highest BCUT2D eigenvalue weighted by atomic mass is 19.1. The van der Waals surface area contributed by atoms with Gasteiger partial charge >= 0.3 is 0 Å². The molecule has 23 heavy (non-hydrogen) atoms. The van der Waals surface area contributed by atoms with Gasteiger partial charge in [0.25, 0.3) is 0 Å². The van der Waals surface area contributed by atoms with Crippen LogP contribution in [0.5, 0.6) is 0 Å². The minimum absolute atomic E-state index is 0.219. The number of pyridine rings is 1. The average Bonchev–Trinajstić information content (AvgIpc) is 2.56. The largest absolute Gasteiger partial charge is 0.368 e. The Kier molecular flexibility index (Phi) is 4.52. The highest BCUT2D eigenvalue weighted by Gasteiger charge is 2.09. The summed E-state index contributed by atoms with van der Waals surface area (Å²) in [6.45, 7) is 0.661. The van der Waals surface area contributed by atoms with Crippen molar-refractivity contribution in [2.75, 3.05) is 11.9 Å².